The van der Waals surface area contributed by atoms with Crippen molar-refractivity contribution in [2.75, 3.05) is 31.1 Å². The number of nitrogens with one attached hydrogen (secondary N) is 1. The minimum Gasteiger partial charge on any atom is -0.366 e. The normalized spacial score (nSPS) is 14.6. The highest BCUT2D eigenvalue weighted by Crippen LogP contribution is 2.23. The molecule has 2 aromatic rings. The molecule has 1 aromatic heterocycles. The number of nitrogens with zero attached hydrogens (tertiary/aromatic N) is 4. The summed E-state index contributed by atoms with van der Waals surface area (Å²) >= 11 is 6.28. The monoisotopic (exact) mass is 363 g/mol. The van der Waals surface area contributed by atoms with E-state index in [1.807, 2.05) is 4.90 Å². The molecular formula is C16H18ClN5O3. The average Bonchev–Trinajstić information content (AvgIpc) is 2.61. The molecule has 1 N–H and O–H groups in total. The van der Waals surface area contributed by atoms with Gasteiger partial charge in [0.25, 0.3) is 11.2 Å². The molecule has 1 saturated heterocycles. The van der Waals surface area contributed by atoms with Gasteiger partial charge >= 0.3 is 0 Å². The second-order valence-corrected chi connectivity index (χ2v) is 6.24. The van der Waals surface area contributed by atoms with Gasteiger partial charge in [0, 0.05) is 37.8 Å². The fourth-order valence-corrected chi connectivity index (χ4v) is 3.16. The van der Waals surface area contributed by atoms with Crippen molar-refractivity contribution < 1.29 is 4.92 Å². The van der Waals surface area contributed by atoms with Crippen molar-refractivity contribution in [3.05, 3.63) is 61.0 Å². The zero-order valence-corrected chi connectivity index (χ0v) is 14.5. The Kier molecular flexibility index (Phi) is 5.00. The minimum atomic E-state index is -0.435. The summed E-state index contributed by atoms with van der Waals surface area (Å²) in [5.41, 5.74) is 1.43. The minimum absolute atomic E-state index is 0.0223. The van der Waals surface area contributed by atoms with Gasteiger partial charge in [-0.15, -0.1) is 0 Å². The third-order valence-electron chi connectivity index (χ3n) is 4.36. The maximum atomic E-state index is 12.6. The summed E-state index contributed by atoms with van der Waals surface area (Å²) in [6.45, 7) is 4.96. The molecule has 3 rings (SSSR count). The van der Waals surface area contributed by atoms with Crippen molar-refractivity contribution in [3.8, 4) is 0 Å². The highest BCUT2D eigenvalue weighted by Gasteiger charge is 2.19. The van der Waals surface area contributed by atoms with E-state index in [-0.39, 0.29) is 17.3 Å². The summed E-state index contributed by atoms with van der Waals surface area (Å²) in [5, 5.41) is 18.6. The van der Waals surface area contributed by atoms with E-state index < -0.39 is 10.5 Å². The SMILES string of the molecule is Cc1c(Cn2ncc(N3CCNCC3)c(Cl)c2=O)cccc1[N+](=O)[O-]. The van der Waals surface area contributed by atoms with Gasteiger partial charge in [0.2, 0.25) is 0 Å². The largest absolute Gasteiger partial charge is 0.366 e. The number of rotatable bonds is 4. The summed E-state index contributed by atoms with van der Waals surface area (Å²) in [5.74, 6) is 0. The third kappa shape index (κ3) is 3.49. The van der Waals surface area contributed by atoms with E-state index in [2.05, 4.69) is 10.4 Å². The first kappa shape index (κ1) is 17.4. The maximum Gasteiger partial charge on any atom is 0.287 e. The molecule has 9 heteroatoms. The van der Waals surface area contributed by atoms with Crippen LogP contribution >= 0.6 is 11.6 Å². The number of halogens is 1. The van der Waals surface area contributed by atoms with E-state index in [0.717, 1.165) is 26.2 Å². The van der Waals surface area contributed by atoms with Gasteiger partial charge in [0.05, 0.1) is 23.4 Å². The number of hydrogen-bond donors (Lipinski definition) is 1. The number of nitro benzene ring substituents is 1. The average molecular weight is 364 g/mol. The fourth-order valence-electron chi connectivity index (χ4n) is 2.90. The predicted molar refractivity (Wildman–Crippen MR) is 95.5 cm³/mol. The molecule has 1 fully saturated rings. The third-order valence-corrected chi connectivity index (χ3v) is 4.71. The van der Waals surface area contributed by atoms with Gasteiger partial charge in [-0.2, -0.15) is 5.10 Å². The molecule has 0 unspecified atom stereocenters. The number of hydrogen-bond acceptors (Lipinski definition) is 6. The summed E-state index contributed by atoms with van der Waals surface area (Å²) in [6.07, 6.45) is 1.59. The van der Waals surface area contributed by atoms with Crippen LogP contribution in [-0.4, -0.2) is 40.9 Å². The quantitative estimate of drug-likeness (QED) is 0.654. The predicted octanol–water partition coefficient (Wildman–Crippen LogP) is 1.57. The lowest BCUT2D eigenvalue weighted by Gasteiger charge is -2.29. The van der Waals surface area contributed by atoms with Crippen molar-refractivity contribution in [1.29, 1.82) is 0 Å². The van der Waals surface area contributed by atoms with Crippen LogP contribution in [0.2, 0.25) is 5.02 Å². The number of benzene rings is 1. The highest BCUT2D eigenvalue weighted by atomic mass is 35.5. The summed E-state index contributed by atoms with van der Waals surface area (Å²) in [7, 11) is 0. The van der Waals surface area contributed by atoms with Gasteiger partial charge in [-0.1, -0.05) is 23.7 Å². The molecule has 25 heavy (non-hydrogen) atoms. The van der Waals surface area contributed by atoms with Crippen molar-refractivity contribution >= 4 is 23.0 Å². The van der Waals surface area contributed by atoms with Crippen LogP contribution in [0.5, 0.6) is 0 Å². The molecule has 2 heterocycles. The summed E-state index contributed by atoms with van der Waals surface area (Å²) in [4.78, 5) is 25.2. The van der Waals surface area contributed by atoms with Crippen LogP contribution in [0.1, 0.15) is 11.1 Å². The zero-order chi connectivity index (χ0) is 18.0. The first-order valence-corrected chi connectivity index (χ1v) is 8.31. The lowest BCUT2D eigenvalue weighted by atomic mass is 10.1. The van der Waals surface area contributed by atoms with Crippen LogP contribution in [0.15, 0.2) is 29.2 Å². The van der Waals surface area contributed by atoms with Crippen molar-refractivity contribution in [3.63, 3.8) is 0 Å². The van der Waals surface area contributed by atoms with Crippen LogP contribution in [0.4, 0.5) is 11.4 Å². The first-order valence-electron chi connectivity index (χ1n) is 7.93. The Morgan fingerprint density at radius 1 is 1.36 bits per heavy atom. The Balaban J connectivity index is 1.92. The van der Waals surface area contributed by atoms with Crippen LogP contribution < -0.4 is 15.8 Å². The zero-order valence-electron chi connectivity index (χ0n) is 13.7. The van der Waals surface area contributed by atoms with E-state index in [0.29, 0.717) is 16.8 Å². The van der Waals surface area contributed by atoms with Crippen LogP contribution in [0.25, 0.3) is 0 Å². The molecule has 8 nitrogen and oxygen atoms in total. The Morgan fingerprint density at radius 2 is 2.08 bits per heavy atom. The number of aromatic nitrogens is 2. The maximum absolute atomic E-state index is 12.6. The first-order chi connectivity index (χ1) is 12.0. The van der Waals surface area contributed by atoms with Crippen LogP contribution in [0, 0.1) is 17.0 Å². The second kappa shape index (κ2) is 7.20. The Hall–Kier alpha value is -2.45. The van der Waals surface area contributed by atoms with Crippen LogP contribution in [-0.2, 0) is 6.54 Å². The van der Waals surface area contributed by atoms with E-state index in [1.165, 1.54) is 10.7 Å². The molecule has 0 bridgehead atoms. The number of anilines is 1. The Labute approximate surface area is 149 Å². The molecule has 0 amide bonds. The summed E-state index contributed by atoms with van der Waals surface area (Å²) < 4.78 is 1.24. The molecule has 0 spiro atoms. The van der Waals surface area contributed by atoms with E-state index in [1.54, 1.807) is 25.3 Å². The van der Waals surface area contributed by atoms with Crippen molar-refractivity contribution in [2.24, 2.45) is 0 Å². The van der Waals surface area contributed by atoms with Gasteiger partial charge in [0.1, 0.15) is 5.02 Å². The van der Waals surface area contributed by atoms with Crippen molar-refractivity contribution in [1.82, 2.24) is 15.1 Å². The van der Waals surface area contributed by atoms with Gasteiger partial charge in [-0.3, -0.25) is 14.9 Å². The Bertz CT molecular complexity index is 861. The smallest absolute Gasteiger partial charge is 0.287 e. The number of nitro groups is 1. The lowest BCUT2D eigenvalue weighted by Crippen LogP contribution is -2.44. The molecule has 1 aliphatic heterocycles. The van der Waals surface area contributed by atoms with Crippen molar-refractivity contribution in [2.45, 2.75) is 13.5 Å². The lowest BCUT2D eigenvalue weighted by molar-refractivity contribution is -0.385. The van der Waals surface area contributed by atoms with Gasteiger partial charge in [0.15, 0.2) is 0 Å². The molecule has 132 valence electrons. The molecule has 0 aliphatic carbocycles. The van der Waals surface area contributed by atoms with Crippen LogP contribution in [0.3, 0.4) is 0 Å². The number of piperazine rings is 1. The van der Waals surface area contributed by atoms with E-state index in [9.17, 15) is 14.9 Å². The molecule has 0 radical (unpaired) electrons. The van der Waals surface area contributed by atoms with Gasteiger partial charge in [-0.05, 0) is 12.5 Å². The summed E-state index contributed by atoms with van der Waals surface area (Å²) in [6, 6.07) is 4.78. The molecule has 1 aromatic carbocycles. The van der Waals surface area contributed by atoms with Gasteiger partial charge in [-0.25, -0.2) is 4.68 Å². The molecule has 0 saturated carbocycles. The molecule has 0 atom stereocenters. The van der Waals surface area contributed by atoms with E-state index in [4.69, 9.17) is 11.6 Å². The molecular weight excluding hydrogens is 346 g/mol. The molecule has 1 aliphatic rings. The standard InChI is InChI=1S/C16H18ClN5O3/c1-11-12(3-2-4-13(11)22(24)25)10-21-16(23)15(17)14(9-19-21)20-7-5-18-6-8-20/h2-4,9,18H,5-8,10H2,1H3. The highest BCUT2D eigenvalue weighted by molar-refractivity contribution is 6.33. The fraction of sp³-hybridized carbons (Fsp3) is 0.375. The second-order valence-electron chi connectivity index (χ2n) is 5.86. The van der Waals surface area contributed by atoms with Gasteiger partial charge < -0.3 is 10.2 Å². The Morgan fingerprint density at radius 3 is 2.76 bits per heavy atom. The topological polar surface area (TPSA) is 93.3 Å². The van der Waals surface area contributed by atoms with E-state index >= 15 is 0 Å².